The van der Waals surface area contributed by atoms with Gasteiger partial charge in [0.25, 0.3) is 0 Å². The first-order valence-corrected chi connectivity index (χ1v) is 6.85. The molecule has 1 fully saturated rings. The number of amides is 2. The highest BCUT2D eigenvalue weighted by atomic mass is 79.9. The van der Waals surface area contributed by atoms with Gasteiger partial charge in [0.05, 0.1) is 0 Å². The molecule has 6 heteroatoms. The normalized spacial score (nSPS) is 18.4. The van der Waals surface area contributed by atoms with E-state index >= 15 is 0 Å². The Kier molecular flexibility index (Phi) is 4.09. The van der Waals surface area contributed by atoms with Crippen LogP contribution >= 0.6 is 15.9 Å². The summed E-state index contributed by atoms with van der Waals surface area (Å²) < 4.78 is 0.904. The molecule has 1 aromatic rings. The van der Waals surface area contributed by atoms with E-state index in [0.29, 0.717) is 18.7 Å². The summed E-state index contributed by atoms with van der Waals surface area (Å²) in [5.41, 5.74) is 1.61. The number of urea groups is 1. The fourth-order valence-corrected chi connectivity index (χ4v) is 2.56. The number of likely N-dealkylation sites (tertiary alicyclic amines) is 1. The predicted molar refractivity (Wildman–Crippen MR) is 75.3 cm³/mol. The lowest BCUT2D eigenvalue weighted by Gasteiger charge is -2.22. The summed E-state index contributed by atoms with van der Waals surface area (Å²) in [5.74, 6) is -0.946. The van der Waals surface area contributed by atoms with Crippen molar-refractivity contribution in [1.82, 2.24) is 4.90 Å². The Hall–Kier alpha value is -1.56. The zero-order valence-electron chi connectivity index (χ0n) is 10.5. The molecule has 1 aliphatic heterocycles. The second-order valence-electron chi connectivity index (χ2n) is 4.53. The van der Waals surface area contributed by atoms with Crippen LogP contribution in [0.5, 0.6) is 0 Å². The van der Waals surface area contributed by atoms with Crippen molar-refractivity contribution in [3.8, 4) is 0 Å². The van der Waals surface area contributed by atoms with Crippen molar-refractivity contribution < 1.29 is 14.7 Å². The Labute approximate surface area is 119 Å². The number of anilines is 1. The molecule has 2 amide bonds. The van der Waals surface area contributed by atoms with Crippen molar-refractivity contribution in [2.45, 2.75) is 25.8 Å². The summed E-state index contributed by atoms with van der Waals surface area (Å²) in [5, 5.41) is 11.8. The van der Waals surface area contributed by atoms with Crippen LogP contribution in [-0.2, 0) is 4.79 Å². The molecule has 0 aromatic heterocycles. The number of halogens is 1. The highest BCUT2D eigenvalue weighted by molar-refractivity contribution is 9.10. The van der Waals surface area contributed by atoms with Gasteiger partial charge in [-0.3, -0.25) is 0 Å². The van der Waals surface area contributed by atoms with E-state index < -0.39 is 12.0 Å². The zero-order valence-corrected chi connectivity index (χ0v) is 12.1. The standard InChI is InChI=1S/C13H15BrN2O3/c1-8-9(14)4-2-5-10(8)15-13(19)16-7-3-6-11(16)12(17)18/h2,4-5,11H,3,6-7H2,1H3,(H,15,19)(H,17,18). The Balaban J connectivity index is 2.13. The van der Waals surface area contributed by atoms with Crippen LogP contribution in [0.1, 0.15) is 18.4 Å². The van der Waals surface area contributed by atoms with Crippen molar-refractivity contribution in [2.75, 3.05) is 11.9 Å². The van der Waals surface area contributed by atoms with Gasteiger partial charge in [0, 0.05) is 16.7 Å². The summed E-state index contributed by atoms with van der Waals surface area (Å²) in [6, 6.07) is 4.44. The molecule has 0 saturated carbocycles. The molecule has 1 aromatic carbocycles. The number of hydrogen-bond donors (Lipinski definition) is 2. The summed E-state index contributed by atoms with van der Waals surface area (Å²) in [7, 11) is 0. The lowest BCUT2D eigenvalue weighted by molar-refractivity contribution is -0.141. The Bertz CT molecular complexity index is 519. The third-order valence-electron chi connectivity index (χ3n) is 3.31. The SMILES string of the molecule is Cc1c(Br)cccc1NC(=O)N1CCCC1C(=O)O. The van der Waals surface area contributed by atoms with Crippen LogP contribution in [-0.4, -0.2) is 34.6 Å². The van der Waals surface area contributed by atoms with Crippen molar-refractivity contribution in [3.05, 3.63) is 28.2 Å². The number of rotatable bonds is 2. The van der Waals surface area contributed by atoms with E-state index in [2.05, 4.69) is 21.2 Å². The summed E-state index contributed by atoms with van der Waals surface area (Å²) in [6.45, 7) is 2.37. The average Bonchev–Trinajstić information content (AvgIpc) is 2.84. The molecule has 1 atom stereocenters. The first-order valence-electron chi connectivity index (χ1n) is 6.06. The average molecular weight is 327 g/mol. The van der Waals surface area contributed by atoms with Crippen LogP contribution in [0.15, 0.2) is 22.7 Å². The molecule has 5 nitrogen and oxygen atoms in total. The third-order valence-corrected chi connectivity index (χ3v) is 4.17. The molecule has 1 unspecified atom stereocenters. The minimum Gasteiger partial charge on any atom is -0.480 e. The lowest BCUT2D eigenvalue weighted by Crippen LogP contribution is -2.42. The van der Waals surface area contributed by atoms with Gasteiger partial charge in [-0.2, -0.15) is 0 Å². The van der Waals surface area contributed by atoms with Crippen molar-refractivity contribution in [1.29, 1.82) is 0 Å². The molecule has 1 heterocycles. The number of carboxylic acid groups (broad SMARTS) is 1. The summed E-state index contributed by atoms with van der Waals surface area (Å²) in [4.78, 5) is 24.6. The molecule has 1 aliphatic rings. The van der Waals surface area contributed by atoms with Crippen molar-refractivity contribution >= 4 is 33.6 Å². The van der Waals surface area contributed by atoms with Crippen molar-refractivity contribution in [2.24, 2.45) is 0 Å². The van der Waals surface area contributed by atoms with Gasteiger partial charge in [0.1, 0.15) is 6.04 Å². The number of hydrogen-bond acceptors (Lipinski definition) is 2. The maximum atomic E-state index is 12.1. The van der Waals surface area contributed by atoms with Crippen LogP contribution in [0.3, 0.4) is 0 Å². The van der Waals surface area contributed by atoms with Crippen molar-refractivity contribution in [3.63, 3.8) is 0 Å². The van der Waals surface area contributed by atoms with Crippen LogP contribution in [0.25, 0.3) is 0 Å². The number of aliphatic carboxylic acids is 1. The molecule has 0 spiro atoms. The minimum atomic E-state index is -0.946. The first-order chi connectivity index (χ1) is 9.00. The van der Waals surface area contributed by atoms with Gasteiger partial charge in [0.2, 0.25) is 0 Å². The van der Waals surface area contributed by atoms with Crippen LogP contribution in [0.4, 0.5) is 10.5 Å². The van der Waals surface area contributed by atoms with Gasteiger partial charge in [-0.25, -0.2) is 9.59 Å². The molecule has 1 saturated heterocycles. The smallest absolute Gasteiger partial charge is 0.326 e. The molecule has 0 bridgehead atoms. The maximum absolute atomic E-state index is 12.1. The fourth-order valence-electron chi connectivity index (χ4n) is 2.20. The Morgan fingerprint density at radius 2 is 2.21 bits per heavy atom. The van der Waals surface area contributed by atoms with Crippen LogP contribution in [0.2, 0.25) is 0 Å². The highest BCUT2D eigenvalue weighted by Crippen LogP contribution is 2.25. The van der Waals surface area contributed by atoms with Crippen LogP contribution in [0, 0.1) is 6.92 Å². The van der Waals surface area contributed by atoms with E-state index in [9.17, 15) is 9.59 Å². The maximum Gasteiger partial charge on any atom is 0.326 e. The largest absolute Gasteiger partial charge is 0.480 e. The van der Waals surface area contributed by atoms with Gasteiger partial charge in [-0.15, -0.1) is 0 Å². The molecule has 0 radical (unpaired) electrons. The molecule has 0 aliphatic carbocycles. The number of benzene rings is 1. The second kappa shape index (κ2) is 5.61. The number of nitrogens with zero attached hydrogens (tertiary/aromatic N) is 1. The van der Waals surface area contributed by atoms with E-state index in [1.54, 1.807) is 6.07 Å². The van der Waals surface area contributed by atoms with E-state index in [4.69, 9.17) is 5.11 Å². The monoisotopic (exact) mass is 326 g/mol. The zero-order chi connectivity index (χ0) is 14.0. The molecule has 2 N–H and O–H groups in total. The number of carboxylic acids is 1. The molecule has 102 valence electrons. The molecular formula is C13H15BrN2O3. The van der Waals surface area contributed by atoms with Gasteiger partial charge in [-0.1, -0.05) is 22.0 Å². The van der Waals surface area contributed by atoms with E-state index in [0.717, 1.165) is 16.5 Å². The van der Waals surface area contributed by atoms with Gasteiger partial charge < -0.3 is 15.3 Å². The lowest BCUT2D eigenvalue weighted by atomic mass is 10.2. The summed E-state index contributed by atoms with van der Waals surface area (Å²) in [6.07, 6.45) is 1.24. The fraction of sp³-hybridized carbons (Fsp3) is 0.385. The third kappa shape index (κ3) is 2.89. The number of carbonyl (C=O) groups is 2. The Morgan fingerprint density at radius 1 is 1.47 bits per heavy atom. The van der Waals surface area contributed by atoms with Gasteiger partial charge >= 0.3 is 12.0 Å². The topological polar surface area (TPSA) is 69.6 Å². The van der Waals surface area contributed by atoms with Gasteiger partial charge in [-0.05, 0) is 37.5 Å². The number of nitrogens with one attached hydrogen (secondary N) is 1. The number of carbonyl (C=O) groups excluding carboxylic acids is 1. The summed E-state index contributed by atoms with van der Waals surface area (Å²) >= 11 is 3.40. The Morgan fingerprint density at radius 3 is 2.89 bits per heavy atom. The highest BCUT2D eigenvalue weighted by Gasteiger charge is 2.34. The second-order valence-corrected chi connectivity index (χ2v) is 5.39. The quantitative estimate of drug-likeness (QED) is 0.877. The van der Waals surface area contributed by atoms with E-state index in [1.165, 1.54) is 4.90 Å². The molecule has 2 rings (SSSR count). The van der Waals surface area contributed by atoms with Crippen LogP contribution < -0.4 is 5.32 Å². The van der Waals surface area contributed by atoms with E-state index in [1.807, 2.05) is 19.1 Å². The minimum absolute atomic E-state index is 0.355. The first kappa shape index (κ1) is 13.9. The van der Waals surface area contributed by atoms with Gasteiger partial charge in [0.15, 0.2) is 0 Å². The predicted octanol–water partition coefficient (Wildman–Crippen LogP) is 2.84. The molecule has 19 heavy (non-hydrogen) atoms. The molecular weight excluding hydrogens is 312 g/mol. The van der Waals surface area contributed by atoms with E-state index in [-0.39, 0.29) is 6.03 Å².